The lowest BCUT2D eigenvalue weighted by molar-refractivity contribution is 0.397. The molecule has 0 saturated heterocycles. The number of nitrogens with one attached hydrogen (secondary N) is 1. The zero-order valence-electron chi connectivity index (χ0n) is 11.3. The van der Waals surface area contributed by atoms with E-state index in [4.69, 9.17) is 4.74 Å². The van der Waals surface area contributed by atoms with Crippen molar-refractivity contribution in [2.45, 2.75) is 20.3 Å². The molecule has 6 heteroatoms. The molecule has 0 unspecified atom stereocenters. The fourth-order valence-electron chi connectivity index (χ4n) is 1.70. The van der Waals surface area contributed by atoms with Crippen LogP contribution >= 0.6 is 0 Å². The highest BCUT2D eigenvalue weighted by atomic mass is 16.5. The third-order valence-electron chi connectivity index (χ3n) is 2.55. The van der Waals surface area contributed by atoms with Gasteiger partial charge in [-0.2, -0.15) is 0 Å². The van der Waals surface area contributed by atoms with Crippen LogP contribution in [-0.4, -0.2) is 33.6 Å². The Kier molecular flexibility index (Phi) is 4.22. The summed E-state index contributed by atoms with van der Waals surface area (Å²) in [5.41, 5.74) is 1.34. The molecule has 0 amide bonds. The predicted molar refractivity (Wildman–Crippen MR) is 73.2 cm³/mol. The van der Waals surface area contributed by atoms with E-state index in [1.54, 1.807) is 19.5 Å². The molecule has 2 rings (SSSR count). The number of aromatic nitrogens is 4. The molecule has 2 heterocycles. The van der Waals surface area contributed by atoms with Crippen molar-refractivity contribution < 1.29 is 4.74 Å². The average molecular weight is 259 g/mol. The first-order valence-electron chi connectivity index (χ1n) is 6.25. The van der Waals surface area contributed by atoms with Crippen molar-refractivity contribution in [1.29, 1.82) is 0 Å². The topological polar surface area (TPSA) is 72.8 Å². The molecule has 0 radical (unpaired) electrons. The maximum atomic E-state index is 5.22. The summed E-state index contributed by atoms with van der Waals surface area (Å²) in [6.07, 6.45) is 3.97. The second kappa shape index (κ2) is 6.08. The van der Waals surface area contributed by atoms with Gasteiger partial charge in [0.25, 0.3) is 0 Å². The molecule has 19 heavy (non-hydrogen) atoms. The lowest BCUT2D eigenvalue weighted by atomic mass is 10.2. The van der Waals surface area contributed by atoms with E-state index in [0.717, 1.165) is 24.6 Å². The first-order valence-corrected chi connectivity index (χ1v) is 6.25. The Balaban J connectivity index is 2.51. The Morgan fingerprint density at radius 2 is 1.95 bits per heavy atom. The molecule has 2 aromatic heterocycles. The maximum Gasteiger partial charge on any atom is 0.241 e. The van der Waals surface area contributed by atoms with E-state index < -0.39 is 0 Å². The highest BCUT2D eigenvalue weighted by Gasteiger charge is 2.12. The third kappa shape index (κ3) is 2.96. The standard InChI is InChI=1S/C13H17N5O/c1-4-10-17-9(8-11(18-10)14-5-2)12-13(19-3)16-7-6-15-12/h6-8H,4-5H2,1-3H3,(H,14,17,18). The van der Waals surface area contributed by atoms with Crippen LogP contribution in [0.5, 0.6) is 5.88 Å². The zero-order valence-corrected chi connectivity index (χ0v) is 11.3. The molecule has 0 aromatic carbocycles. The number of methoxy groups -OCH3 is 1. The van der Waals surface area contributed by atoms with E-state index in [1.807, 2.05) is 19.9 Å². The molecule has 0 saturated carbocycles. The van der Waals surface area contributed by atoms with Gasteiger partial charge in [0.15, 0.2) is 5.69 Å². The van der Waals surface area contributed by atoms with Crippen LogP contribution in [0, 0.1) is 0 Å². The van der Waals surface area contributed by atoms with E-state index in [9.17, 15) is 0 Å². The number of hydrogen-bond donors (Lipinski definition) is 1. The number of rotatable bonds is 5. The summed E-state index contributed by atoms with van der Waals surface area (Å²) >= 11 is 0. The van der Waals surface area contributed by atoms with Crippen LogP contribution in [0.15, 0.2) is 18.5 Å². The molecule has 2 aromatic rings. The minimum atomic E-state index is 0.464. The van der Waals surface area contributed by atoms with Crippen molar-refractivity contribution in [3.05, 3.63) is 24.3 Å². The van der Waals surface area contributed by atoms with Gasteiger partial charge in [-0.1, -0.05) is 6.92 Å². The molecular weight excluding hydrogens is 242 g/mol. The van der Waals surface area contributed by atoms with Crippen molar-refractivity contribution in [2.75, 3.05) is 19.0 Å². The summed E-state index contributed by atoms with van der Waals surface area (Å²) < 4.78 is 5.22. The first kappa shape index (κ1) is 13.2. The Morgan fingerprint density at radius 3 is 2.63 bits per heavy atom. The van der Waals surface area contributed by atoms with Crippen molar-refractivity contribution in [1.82, 2.24) is 19.9 Å². The Hall–Kier alpha value is -2.24. The van der Waals surface area contributed by atoms with E-state index >= 15 is 0 Å². The van der Waals surface area contributed by atoms with Gasteiger partial charge in [0.2, 0.25) is 5.88 Å². The molecule has 6 nitrogen and oxygen atoms in total. The van der Waals surface area contributed by atoms with Gasteiger partial charge >= 0.3 is 0 Å². The van der Waals surface area contributed by atoms with Gasteiger partial charge in [-0.25, -0.2) is 19.9 Å². The van der Waals surface area contributed by atoms with E-state index in [1.165, 1.54) is 0 Å². The number of anilines is 1. The van der Waals surface area contributed by atoms with E-state index in [-0.39, 0.29) is 0 Å². The number of aryl methyl sites for hydroxylation is 1. The largest absolute Gasteiger partial charge is 0.479 e. The summed E-state index contributed by atoms with van der Waals surface area (Å²) in [7, 11) is 1.57. The van der Waals surface area contributed by atoms with Crippen molar-refractivity contribution in [3.8, 4) is 17.3 Å². The Labute approximate surface area is 112 Å². The van der Waals surface area contributed by atoms with Crippen molar-refractivity contribution in [3.63, 3.8) is 0 Å². The second-order valence-corrected chi connectivity index (χ2v) is 3.85. The maximum absolute atomic E-state index is 5.22. The minimum Gasteiger partial charge on any atom is -0.479 e. The van der Waals surface area contributed by atoms with E-state index in [2.05, 4.69) is 25.3 Å². The fourth-order valence-corrected chi connectivity index (χ4v) is 1.70. The molecule has 0 aliphatic heterocycles. The van der Waals surface area contributed by atoms with Gasteiger partial charge in [0.1, 0.15) is 17.3 Å². The number of hydrogen-bond acceptors (Lipinski definition) is 6. The van der Waals surface area contributed by atoms with Gasteiger partial charge in [-0.05, 0) is 6.92 Å². The fraction of sp³-hybridized carbons (Fsp3) is 0.385. The lowest BCUT2D eigenvalue weighted by Crippen LogP contribution is -2.05. The van der Waals surface area contributed by atoms with Crippen LogP contribution < -0.4 is 10.1 Å². The Bertz CT molecular complexity index is 558. The molecule has 0 fully saturated rings. The summed E-state index contributed by atoms with van der Waals surface area (Å²) in [4.78, 5) is 17.3. The molecular formula is C13H17N5O. The average Bonchev–Trinajstić information content (AvgIpc) is 2.47. The van der Waals surface area contributed by atoms with Crippen LogP contribution in [0.25, 0.3) is 11.4 Å². The molecule has 0 aliphatic rings. The second-order valence-electron chi connectivity index (χ2n) is 3.85. The van der Waals surface area contributed by atoms with Crippen LogP contribution in [-0.2, 0) is 6.42 Å². The normalized spacial score (nSPS) is 10.3. The quantitative estimate of drug-likeness (QED) is 0.884. The number of ether oxygens (including phenoxy) is 1. The van der Waals surface area contributed by atoms with Crippen molar-refractivity contribution in [2.24, 2.45) is 0 Å². The Morgan fingerprint density at radius 1 is 1.16 bits per heavy atom. The summed E-state index contributed by atoms with van der Waals surface area (Å²) in [6, 6.07) is 1.86. The van der Waals surface area contributed by atoms with Gasteiger partial charge in [0.05, 0.1) is 7.11 Å². The van der Waals surface area contributed by atoms with Gasteiger partial charge in [-0.15, -0.1) is 0 Å². The summed E-state index contributed by atoms with van der Waals surface area (Å²) in [6.45, 7) is 4.84. The first-order chi connectivity index (χ1) is 9.28. The molecule has 1 N–H and O–H groups in total. The van der Waals surface area contributed by atoms with Crippen LogP contribution in [0.3, 0.4) is 0 Å². The van der Waals surface area contributed by atoms with Crippen molar-refractivity contribution >= 4 is 5.82 Å². The highest BCUT2D eigenvalue weighted by Crippen LogP contribution is 2.25. The van der Waals surface area contributed by atoms with Gasteiger partial charge in [-0.3, -0.25) is 0 Å². The van der Waals surface area contributed by atoms with Crippen LogP contribution in [0.2, 0.25) is 0 Å². The summed E-state index contributed by atoms with van der Waals surface area (Å²) in [5, 5.41) is 3.19. The van der Waals surface area contributed by atoms with Gasteiger partial charge in [0, 0.05) is 31.4 Å². The lowest BCUT2D eigenvalue weighted by Gasteiger charge is -2.09. The molecule has 0 spiro atoms. The molecule has 100 valence electrons. The zero-order chi connectivity index (χ0) is 13.7. The van der Waals surface area contributed by atoms with E-state index in [0.29, 0.717) is 17.3 Å². The number of nitrogens with zero attached hydrogens (tertiary/aromatic N) is 4. The molecule has 0 atom stereocenters. The van der Waals surface area contributed by atoms with Crippen LogP contribution in [0.4, 0.5) is 5.82 Å². The molecule has 0 bridgehead atoms. The monoisotopic (exact) mass is 259 g/mol. The highest BCUT2D eigenvalue weighted by molar-refractivity contribution is 5.63. The molecule has 0 aliphatic carbocycles. The van der Waals surface area contributed by atoms with Gasteiger partial charge < -0.3 is 10.1 Å². The summed E-state index contributed by atoms with van der Waals surface area (Å²) in [5.74, 6) is 2.02. The van der Waals surface area contributed by atoms with Crippen LogP contribution in [0.1, 0.15) is 19.7 Å². The third-order valence-corrected chi connectivity index (χ3v) is 2.55. The SMILES string of the molecule is CCNc1cc(-c2nccnc2OC)nc(CC)n1. The predicted octanol–water partition coefficient (Wildman–Crippen LogP) is 1.94. The smallest absolute Gasteiger partial charge is 0.241 e. The minimum absolute atomic E-state index is 0.464.